The Morgan fingerprint density at radius 2 is 1.84 bits per heavy atom. The maximum absolute atomic E-state index is 13.3. The van der Waals surface area contributed by atoms with Crippen molar-refractivity contribution in [2.24, 2.45) is 5.10 Å². The summed E-state index contributed by atoms with van der Waals surface area (Å²) in [6.45, 7) is 0. The number of rotatable bonds is 6. The Labute approximate surface area is 194 Å². The number of hydrogen-bond acceptors (Lipinski definition) is 5. The Balaban J connectivity index is 1.73. The molecule has 0 atom stereocenters. The molecule has 2 N–H and O–H groups in total. The summed E-state index contributed by atoms with van der Waals surface area (Å²) in [5.41, 5.74) is 2.97. The Kier molecular flexibility index (Phi) is 7.29. The number of hydrogen-bond donors (Lipinski definition) is 2. The Hall–Kier alpha value is -3.63. The van der Waals surface area contributed by atoms with Crippen LogP contribution < -0.4 is 10.7 Å². The van der Waals surface area contributed by atoms with Crippen LogP contribution in [-0.4, -0.2) is 23.0 Å². The van der Waals surface area contributed by atoms with Crippen LogP contribution in [0.3, 0.4) is 0 Å². The van der Waals surface area contributed by atoms with Crippen LogP contribution in [0.4, 0.5) is 15.8 Å². The topological polar surface area (TPSA) is 114 Å². The highest BCUT2D eigenvalue weighted by Crippen LogP contribution is 2.26. The molecule has 0 aliphatic heterocycles. The van der Waals surface area contributed by atoms with Crippen LogP contribution in [-0.2, 0) is 0 Å². The summed E-state index contributed by atoms with van der Waals surface area (Å²) in [6, 6.07) is 14.0. The van der Waals surface area contributed by atoms with Crippen LogP contribution in [0.1, 0.15) is 26.3 Å². The van der Waals surface area contributed by atoms with Gasteiger partial charge in [-0.2, -0.15) is 5.10 Å². The molecule has 32 heavy (non-hydrogen) atoms. The number of nitro benzene ring substituents is 1. The lowest BCUT2D eigenvalue weighted by molar-refractivity contribution is -0.384. The van der Waals surface area contributed by atoms with Crippen LogP contribution in [0.15, 0.2) is 70.2 Å². The molecule has 0 fully saturated rings. The third-order valence-corrected chi connectivity index (χ3v) is 5.06. The standard InChI is InChI=1S/C21H13BrClFN4O4/c22-15-9-12(5-7-17(15)24)11-25-27-21(30)14-3-1-2-4-18(14)26-20(29)13-6-8-19(28(31)32)16(23)10-13/h1-11H,(H,26,29)(H,27,30)/b25-11+. The molecule has 8 nitrogen and oxygen atoms in total. The largest absolute Gasteiger partial charge is 0.321 e. The molecule has 0 heterocycles. The van der Waals surface area contributed by atoms with Crippen molar-refractivity contribution in [3.05, 3.63) is 103 Å². The van der Waals surface area contributed by atoms with Crippen molar-refractivity contribution in [3.8, 4) is 0 Å². The number of carbonyl (C=O) groups excluding carboxylic acids is 2. The molecule has 0 bridgehead atoms. The second-order valence-electron chi connectivity index (χ2n) is 6.30. The molecule has 0 aliphatic rings. The fourth-order valence-electron chi connectivity index (χ4n) is 2.60. The monoisotopic (exact) mass is 518 g/mol. The van der Waals surface area contributed by atoms with Gasteiger partial charge < -0.3 is 5.32 Å². The number of amides is 2. The summed E-state index contributed by atoms with van der Waals surface area (Å²) in [5.74, 6) is -1.63. The first-order valence-electron chi connectivity index (χ1n) is 8.89. The number of nitrogens with zero attached hydrogens (tertiary/aromatic N) is 2. The molecule has 0 spiro atoms. The van der Waals surface area contributed by atoms with E-state index in [1.54, 1.807) is 12.1 Å². The second-order valence-corrected chi connectivity index (χ2v) is 7.56. The minimum Gasteiger partial charge on any atom is -0.321 e. The number of nitro groups is 1. The first-order valence-corrected chi connectivity index (χ1v) is 10.1. The van der Waals surface area contributed by atoms with E-state index >= 15 is 0 Å². The number of anilines is 1. The van der Waals surface area contributed by atoms with E-state index in [0.29, 0.717) is 5.56 Å². The molecule has 0 aromatic heterocycles. The highest BCUT2D eigenvalue weighted by Gasteiger charge is 2.17. The fourth-order valence-corrected chi connectivity index (χ4v) is 3.25. The summed E-state index contributed by atoms with van der Waals surface area (Å²) in [4.78, 5) is 35.3. The number of para-hydroxylation sites is 1. The van der Waals surface area contributed by atoms with E-state index in [0.717, 1.165) is 6.07 Å². The van der Waals surface area contributed by atoms with Crippen LogP contribution in [0.25, 0.3) is 0 Å². The molecular formula is C21H13BrClFN4O4. The smallest absolute Gasteiger partial charge is 0.287 e. The van der Waals surface area contributed by atoms with Gasteiger partial charge in [-0.15, -0.1) is 0 Å². The molecule has 0 saturated heterocycles. The number of halogens is 3. The molecule has 162 valence electrons. The van der Waals surface area contributed by atoms with E-state index in [1.807, 2.05) is 0 Å². The Bertz CT molecular complexity index is 1250. The van der Waals surface area contributed by atoms with Crippen molar-refractivity contribution in [1.82, 2.24) is 5.43 Å². The summed E-state index contributed by atoms with van der Waals surface area (Å²) in [7, 11) is 0. The number of carbonyl (C=O) groups is 2. The highest BCUT2D eigenvalue weighted by atomic mass is 79.9. The minimum absolute atomic E-state index is 0.0794. The van der Waals surface area contributed by atoms with Gasteiger partial charge in [0.05, 0.1) is 26.9 Å². The Morgan fingerprint density at radius 1 is 1.09 bits per heavy atom. The average molecular weight is 520 g/mol. The normalized spacial score (nSPS) is 10.7. The van der Waals surface area contributed by atoms with E-state index in [9.17, 15) is 24.1 Å². The van der Waals surface area contributed by atoms with Gasteiger partial charge in [-0.3, -0.25) is 19.7 Å². The second kappa shape index (κ2) is 10.1. The lowest BCUT2D eigenvalue weighted by atomic mass is 10.1. The van der Waals surface area contributed by atoms with Gasteiger partial charge in [-0.05, 0) is 57.9 Å². The first kappa shape index (κ1) is 23.0. The molecule has 3 aromatic rings. The van der Waals surface area contributed by atoms with Crippen molar-refractivity contribution < 1.29 is 18.9 Å². The van der Waals surface area contributed by atoms with Gasteiger partial charge in [0.15, 0.2) is 0 Å². The summed E-state index contributed by atoms with van der Waals surface area (Å²) < 4.78 is 13.5. The van der Waals surface area contributed by atoms with Crippen molar-refractivity contribution in [1.29, 1.82) is 0 Å². The van der Waals surface area contributed by atoms with Crippen LogP contribution in [0, 0.1) is 15.9 Å². The predicted octanol–water partition coefficient (Wildman–Crippen LogP) is 5.17. The zero-order valence-electron chi connectivity index (χ0n) is 16.0. The van der Waals surface area contributed by atoms with E-state index in [-0.39, 0.29) is 32.0 Å². The van der Waals surface area contributed by atoms with Crippen molar-refractivity contribution in [2.45, 2.75) is 0 Å². The molecular weight excluding hydrogens is 507 g/mol. The van der Waals surface area contributed by atoms with Gasteiger partial charge in [-0.25, -0.2) is 9.82 Å². The minimum atomic E-state index is -0.658. The average Bonchev–Trinajstić information content (AvgIpc) is 2.76. The van der Waals surface area contributed by atoms with Gasteiger partial charge >= 0.3 is 0 Å². The molecule has 3 aromatic carbocycles. The zero-order valence-corrected chi connectivity index (χ0v) is 18.4. The third kappa shape index (κ3) is 5.54. The molecule has 0 saturated carbocycles. The molecule has 3 rings (SSSR count). The maximum Gasteiger partial charge on any atom is 0.287 e. The van der Waals surface area contributed by atoms with Gasteiger partial charge in [0.1, 0.15) is 10.8 Å². The van der Waals surface area contributed by atoms with Gasteiger partial charge in [0.2, 0.25) is 0 Å². The lowest BCUT2D eigenvalue weighted by Gasteiger charge is -2.10. The molecule has 0 aliphatic carbocycles. The SMILES string of the molecule is O=C(Nc1ccccc1C(=O)N/N=C/c1ccc(F)c(Br)c1)c1ccc([N+](=O)[O-])c(Cl)c1. The quantitative estimate of drug-likeness (QED) is 0.266. The molecule has 0 radical (unpaired) electrons. The highest BCUT2D eigenvalue weighted by molar-refractivity contribution is 9.10. The fraction of sp³-hybridized carbons (Fsp3) is 0. The van der Waals surface area contributed by atoms with Crippen molar-refractivity contribution >= 4 is 56.9 Å². The van der Waals surface area contributed by atoms with Gasteiger partial charge in [0, 0.05) is 11.6 Å². The predicted molar refractivity (Wildman–Crippen MR) is 122 cm³/mol. The summed E-state index contributed by atoms with van der Waals surface area (Å²) >= 11 is 8.92. The van der Waals surface area contributed by atoms with Crippen molar-refractivity contribution in [2.75, 3.05) is 5.32 Å². The number of benzene rings is 3. The molecule has 2 amide bonds. The molecule has 11 heteroatoms. The van der Waals surface area contributed by atoms with Crippen LogP contribution in [0.2, 0.25) is 5.02 Å². The summed E-state index contributed by atoms with van der Waals surface area (Å²) in [5, 5.41) is 17.1. The van der Waals surface area contributed by atoms with E-state index in [2.05, 4.69) is 31.8 Å². The zero-order chi connectivity index (χ0) is 23.3. The van der Waals surface area contributed by atoms with E-state index in [1.165, 1.54) is 48.7 Å². The van der Waals surface area contributed by atoms with E-state index < -0.39 is 22.6 Å². The summed E-state index contributed by atoms with van der Waals surface area (Å²) in [6.07, 6.45) is 1.34. The van der Waals surface area contributed by atoms with Crippen LogP contribution in [0.5, 0.6) is 0 Å². The Morgan fingerprint density at radius 3 is 2.53 bits per heavy atom. The third-order valence-electron chi connectivity index (χ3n) is 4.15. The van der Waals surface area contributed by atoms with Crippen molar-refractivity contribution in [3.63, 3.8) is 0 Å². The van der Waals surface area contributed by atoms with Crippen LogP contribution >= 0.6 is 27.5 Å². The number of nitrogens with one attached hydrogen (secondary N) is 2. The van der Waals surface area contributed by atoms with Gasteiger partial charge in [-0.1, -0.05) is 29.8 Å². The van der Waals surface area contributed by atoms with Gasteiger partial charge in [0.25, 0.3) is 17.5 Å². The van der Waals surface area contributed by atoms with E-state index in [4.69, 9.17) is 11.6 Å². The lowest BCUT2D eigenvalue weighted by Crippen LogP contribution is -2.21. The first-order chi connectivity index (χ1) is 15.3. The maximum atomic E-state index is 13.3. The number of hydrazone groups is 1. The molecule has 0 unspecified atom stereocenters.